The fourth-order valence-electron chi connectivity index (χ4n) is 2.67. The van der Waals surface area contributed by atoms with Gasteiger partial charge < -0.3 is 5.32 Å². The molecule has 1 aliphatic rings. The molecule has 2 heterocycles. The van der Waals surface area contributed by atoms with Crippen molar-refractivity contribution < 1.29 is 0 Å². The zero-order chi connectivity index (χ0) is 13.9. The fraction of sp³-hybridized carbons (Fsp3) is 0.400. The molecule has 5 heteroatoms. The maximum atomic E-state index is 6.37. The minimum atomic E-state index is 0.333. The lowest BCUT2D eigenvalue weighted by Gasteiger charge is -2.36. The zero-order valence-corrected chi connectivity index (χ0v) is 13.0. The molecule has 1 unspecified atom stereocenters. The molecule has 1 atom stereocenters. The molecule has 1 saturated heterocycles. The monoisotopic (exact) mass is 307 g/mol. The molecule has 20 heavy (non-hydrogen) atoms. The van der Waals surface area contributed by atoms with E-state index in [1.807, 2.05) is 18.3 Å². The Bertz CT molecular complexity index is 584. The Morgan fingerprint density at radius 2 is 2.30 bits per heavy atom. The molecular formula is C15H18ClN3S. The number of aryl methyl sites for hydroxylation is 1. The minimum Gasteiger partial charge on any atom is -0.314 e. The van der Waals surface area contributed by atoms with Crippen LogP contribution in [0.4, 0.5) is 0 Å². The van der Waals surface area contributed by atoms with Crippen molar-refractivity contribution in [2.24, 2.45) is 0 Å². The number of rotatable bonds is 3. The van der Waals surface area contributed by atoms with E-state index in [0.29, 0.717) is 6.04 Å². The lowest BCUT2D eigenvalue weighted by atomic mass is 10.0. The molecule has 0 aliphatic carbocycles. The number of nitrogens with one attached hydrogen (secondary N) is 1. The van der Waals surface area contributed by atoms with E-state index in [2.05, 4.69) is 34.3 Å². The fourth-order valence-corrected chi connectivity index (χ4v) is 3.75. The van der Waals surface area contributed by atoms with Gasteiger partial charge in [-0.1, -0.05) is 29.8 Å². The summed E-state index contributed by atoms with van der Waals surface area (Å²) in [5.74, 6) is 0. The van der Waals surface area contributed by atoms with Crippen molar-refractivity contribution in [2.75, 3.05) is 19.6 Å². The Balaban J connectivity index is 1.82. The predicted octanol–water partition coefficient (Wildman–Crippen LogP) is 3.25. The summed E-state index contributed by atoms with van der Waals surface area (Å²) in [6.07, 6.45) is 1.99. The topological polar surface area (TPSA) is 28.2 Å². The van der Waals surface area contributed by atoms with Crippen LogP contribution in [0.2, 0.25) is 5.02 Å². The second-order valence-corrected chi connectivity index (χ2v) is 6.78. The van der Waals surface area contributed by atoms with Gasteiger partial charge in [0, 0.05) is 48.3 Å². The molecule has 1 N–H and O–H groups in total. The standard InChI is InChI=1S/C15H18ClN3S/c1-11-18-8-12(20-11)10-19-7-6-17-9-15(19)13-4-2-3-5-14(13)16/h2-5,8,15,17H,6-7,9-10H2,1H3. The summed E-state index contributed by atoms with van der Waals surface area (Å²) in [4.78, 5) is 8.16. The summed E-state index contributed by atoms with van der Waals surface area (Å²) in [7, 11) is 0. The summed E-state index contributed by atoms with van der Waals surface area (Å²) in [6.45, 7) is 6.01. The number of aromatic nitrogens is 1. The van der Waals surface area contributed by atoms with E-state index in [-0.39, 0.29) is 0 Å². The highest BCUT2D eigenvalue weighted by Crippen LogP contribution is 2.30. The van der Waals surface area contributed by atoms with Gasteiger partial charge >= 0.3 is 0 Å². The summed E-state index contributed by atoms with van der Waals surface area (Å²) < 4.78 is 0. The number of hydrogen-bond acceptors (Lipinski definition) is 4. The summed E-state index contributed by atoms with van der Waals surface area (Å²) >= 11 is 8.14. The molecule has 0 amide bonds. The van der Waals surface area contributed by atoms with Crippen LogP contribution in [0, 0.1) is 6.92 Å². The van der Waals surface area contributed by atoms with Crippen LogP contribution in [0.3, 0.4) is 0 Å². The number of hydrogen-bond donors (Lipinski definition) is 1. The van der Waals surface area contributed by atoms with Crippen molar-refractivity contribution in [2.45, 2.75) is 19.5 Å². The first-order valence-electron chi connectivity index (χ1n) is 6.84. The molecule has 0 bridgehead atoms. The van der Waals surface area contributed by atoms with Gasteiger partial charge in [-0.2, -0.15) is 0 Å². The number of nitrogens with zero attached hydrogens (tertiary/aromatic N) is 2. The minimum absolute atomic E-state index is 0.333. The first kappa shape index (κ1) is 14.0. The average Bonchev–Trinajstić information content (AvgIpc) is 2.86. The number of piperazine rings is 1. The van der Waals surface area contributed by atoms with Crippen LogP contribution in [0.5, 0.6) is 0 Å². The number of benzene rings is 1. The van der Waals surface area contributed by atoms with Gasteiger partial charge in [-0.25, -0.2) is 4.98 Å². The van der Waals surface area contributed by atoms with E-state index < -0.39 is 0 Å². The van der Waals surface area contributed by atoms with Gasteiger partial charge in [0.1, 0.15) is 0 Å². The van der Waals surface area contributed by atoms with Gasteiger partial charge in [0.15, 0.2) is 0 Å². The molecule has 1 fully saturated rings. The predicted molar refractivity (Wildman–Crippen MR) is 84.3 cm³/mol. The van der Waals surface area contributed by atoms with E-state index in [0.717, 1.165) is 36.2 Å². The van der Waals surface area contributed by atoms with E-state index in [4.69, 9.17) is 11.6 Å². The lowest BCUT2D eigenvalue weighted by molar-refractivity contribution is 0.155. The van der Waals surface area contributed by atoms with Crippen LogP contribution < -0.4 is 5.32 Å². The summed E-state index contributed by atoms with van der Waals surface area (Å²) in [5, 5.41) is 5.45. The van der Waals surface area contributed by atoms with Gasteiger partial charge in [-0.15, -0.1) is 11.3 Å². The number of halogens is 1. The molecule has 106 valence electrons. The molecule has 3 rings (SSSR count). The highest BCUT2D eigenvalue weighted by Gasteiger charge is 2.25. The van der Waals surface area contributed by atoms with Gasteiger partial charge in [0.2, 0.25) is 0 Å². The Labute approximate surface area is 128 Å². The van der Waals surface area contributed by atoms with Crippen LogP contribution in [-0.2, 0) is 6.54 Å². The molecule has 1 aromatic heterocycles. The third-order valence-corrected chi connectivity index (χ3v) is 4.89. The highest BCUT2D eigenvalue weighted by atomic mass is 35.5. The molecule has 2 aromatic rings. The van der Waals surface area contributed by atoms with Crippen LogP contribution in [0.1, 0.15) is 21.5 Å². The SMILES string of the molecule is Cc1ncc(CN2CCNCC2c2ccccc2Cl)s1. The Kier molecular flexibility index (Phi) is 4.36. The average molecular weight is 308 g/mol. The Morgan fingerprint density at radius 1 is 1.45 bits per heavy atom. The summed E-state index contributed by atoms with van der Waals surface area (Å²) in [6, 6.07) is 8.48. The second kappa shape index (κ2) is 6.22. The maximum Gasteiger partial charge on any atom is 0.0897 e. The second-order valence-electron chi connectivity index (χ2n) is 5.06. The van der Waals surface area contributed by atoms with Crippen LogP contribution in [0.25, 0.3) is 0 Å². The highest BCUT2D eigenvalue weighted by molar-refractivity contribution is 7.11. The van der Waals surface area contributed by atoms with Crippen molar-refractivity contribution >= 4 is 22.9 Å². The molecule has 0 spiro atoms. The smallest absolute Gasteiger partial charge is 0.0897 e. The first-order chi connectivity index (χ1) is 9.74. The van der Waals surface area contributed by atoms with Gasteiger partial charge in [0.25, 0.3) is 0 Å². The normalized spacial score (nSPS) is 20.2. The molecular weight excluding hydrogens is 290 g/mol. The van der Waals surface area contributed by atoms with Gasteiger partial charge in [-0.05, 0) is 18.6 Å². The van der Waals surface area contributed by atoms with Crippen molar-refractivity contribution in [1.82, 2.24) is 15.2 Å². The van der Waals surface area contributed by atoms with Gasteiger partial charge in [-0.3, -0.25) is 4.90 Å². The van der Waals surface area contributed by atoms with E-state index in [1.54, 1.807) is 11.3 Å². The first-order valence-corrected chi connectivity index (χ1v) is 8.04. The zero-order valence-electron chi connectivity index (χ0n) is 11.5. The van der Waals surface area contributed by atoms with Crippen LogP contribution in [0.15, 0.2) is 30.5 Å². The largest absolute Gasteiger partial charge is 0.314 e. The molecule has 1 aliphatic heterocycles. The Morgan fingerprint density at radius 3 is 3.05 bits per heavy atom. The van der Waals surface area contributed by atoms with E-state index >= 15 is 0 Å². The van der Waals surface area contributed by atoms with Gasteiger partial charge in [0.05, 0.1) is 5.01 Å². The quantitative estimate of drug-likeness (QED) is 0.943. The van der Waals surface area contributed by atoms with Crippen molar-refractivity contribution in [3.05, 3.63) is 50.9 Å². The van der Waals surface area contributed by atoms with Crippen LogP contribution in [-0.4, -0.2) is 29.5 Å². The summed E-state index contributed by atoms with van der Waals surface area (Å²) in [5.41, 5.74) is 1.21. The third-order valence-electron chi connectivity index (χ3n) is 3.65. The third kappa shape index (κ3) is 3.04. The Hall–Kier alpha value is -0.940. The molecule has 3 nitrogen and oxygen atoms in total. The van der Waals surface area contributed by atoms with Crippen LogP contribution >= 0.6 is 22.9 Å². The van der Waals surface area contributed by atoms with E-state index in [9.17, 15) is 0 Å². The number of thiazole rings is 1. The van der Waals surface area contributed by atoms with Crippen molar-refractivity contribution in [3.63, 3.8) is 0 Å². The maximum absolute atomic E-state index is 6.37. The van der Waals surface area contributed by atoms with E-state index in [1.165, 1.54) is 10.4 Å². The molecule has 1 aromatic carbocycles. The van der Waals surface area contributed by atoms with Crippen molar-refractivity contribution in [1.29, 1.82) is 0 Å². The lowest BCUT2D eigenvalue weighted by Crippen LogP contribution is -2.45. The molecule has 0 radical (unpaired) electrons. The van der Waals surface area contributed by atoms with Crippen molar-refractivity contribution in [3.8, 4) is 0 Å². The molecule has 0 saturated carbocycles.